The van der Waals surface area contributed by atoms with E-state index >= 15 is 4.79 Å². The molecule has 12 atom stereocenters. The highest BCUT2D eigenvalue weighted by molar-refractivity contribution is 6.30. The molecule has 0 radical (unpaired) electrons. The predicted octanol–water partition coefficient (Wildman–Crippen LogP) is 5.91. The zero-order valence-corrected chi connectivity index (χ0v) is 37.5. The number of rotatable bonds is 11. The van der Waals surface area contributed by atoms with Gasteiger partial charge in [0.05, 0.1) is 11.7 Å². The highest BCUT2D eigenvalue weighted by Gasteiger charge is 2.81. The SMILES string of the molecule is CC(=O)O[C@H]1C[C@H]2[C@]3(C)C(=O)C[C@]4(C)C([C@@](C)(O)C(=O)CCC(C)(C)OC(C)=O)[C@H](OC(C)=O)C[C@@]4(C)[C@@H]3C[C@@H](O)[C@@]2(OC(=O)c2cccc(Cl)c2)C(C)(C)[C@@H]1OC(C)=O. The van der Waals surface area contributed by atoms with Gasteiger partial charge in [-0.05, 0) is 81.4 Å². The Hall–Kier alpha value is -3.88. The molecule has 1 aromatic rings. The fourth-order valence-electron chi connectivity index (χ4n) is 12.5. The Morgan fingerprint density at radius 3 is 1.95 bits per heavy atom. The molecule has 2 N–H and O–H groups in total. The van der Waals surface area contributed by atoms with E-state index in [4.69, 9.17) is 35.3 Å². The van der Waals surface area contributed by atoms with Gasteiger partial charge in [-0.15, -0.1) is 0 Å². The number of carbonyl (C=O) groups is 7. The van der Waals surface area contributed by atoms with Crippen molar-refractivity contribution in [2.75, 3.05) is 0 Å². The maximum Gasteiger partial charge on any atom is 0.338 e. The minimum absolute atomic E-state index is 0.0672. The first-order valence-electron chi connectivity index (χ1n) is 20.6. The summed E-state index contributed by atoms with van der Waals surface area (Å²) in [7, 11) is 0. The monoisotopic (exact) mass is 860 g/mol. The molecule has 4 saturated carbocycles. The fourth-order valence-corrected chi connectivity index (χ4v) is 12.7. The van der Waals surface area contributed by atoms with E-state index in [0.29, 0.717) is 0 Å². The summed E-state index contributed by atoms with van der Waals surface area (Å²) >= 11 is 6.28. The minimum atomic E-state index is -2.15. The normalized spacial score (nSPS) is 36.6. The lowest BCUT2D eigenvalue weighted by molar-refractivity contribution is -0.314. The smallest absolute Gasteiger partial charge is 0.338 e. The summed E-state index contributed by atoms with van der Waals surface area (Å²) in [5.74, 6) is -7.30. The van der Waals surface area contributed by atoms with Crippen LogP contribution in [0.15, 0.2) is 24.3 Å². The molecule has 4 fully saturated rings. The van der Waals surface area contributed by atoms with Gasteiger partial charge in [0.15, 0.2) is 11.4 Å². The molecule has 0 saturated heterocycles. The molecule has 0 spiro atoms. The van der Waals surface area contributed by atoms with Crippen LogP contribution < -0.4 is 0 Å². The molecular weight excluding hydrogens is 800 g/mol. The number of ether oxygens (including phenoxy) is 5. The Bertz CT molecular complexity index is 1960. The van der Waals surface area contributed by atoms with E-state index < -0.39 is 116 Å². The van der Waals surface area contributed by atoms with E-state index in [-0.39, 0.29) is 54.9 Å². The van der Waals surface area contributed by atoms with Gasteiger partial charge in [0.1, 0.15) is 35.3 Å². The van der Waals surface area contributed by atoms with E-state index in [1.165, 1.54) is 46.8 Å². The second-order valence-corrected chi connectivity index (χ2v) is 20.1. The van der Waals surface area contributed by atoms with Crippen molar-refractivity contribution in [1.82, 2.24) is 0 Å². The number of aliphatic hydroxyl groups excluding tert-OH is 1. The van der Waals surface area contributed by atoms with Crippen molar-refractivity contribution in [3.8, 4) is 0 Å². The molecule has 4 aliphatic rings. The summed E-state index contributed by atoms with van der Waals surface area (Å²) in [6.07, 6.45) is -5.53. The Kier molecular flexibility index (Phi) is 12.4. The Labute approximate surface area is 356 Å². The van der Waals surface area contributed by atoms with Gasteiger partial charge in [-0.1, -0.05) is 52.3 Å². The molecule has 1 unspecified atom stereocenters. The minimum Gasteiger partial charge on any atom is -0.462 e. The molecular formula is C45H61ClO14. The van der Waals surface area contributed by atoms with Crippen LogP contribution in [0.25, 0.3) is 0 Å². The van der Waals surface area contributed by atoms with E-state index in [9.17, 15) is 39.0 Å². The van der Waals surface area contributed by atoms with Gasteiger partial charge in [-0.2, -0.15) is 0 Å². The molecule has 4 aliphatic carbocycles. The van der Waals surface area contributed by atoms with Crippen LogP contribution in [0.1, 0.15) is 132 Å². The third kappa shape index (κ3) is 7.56. The summed E-state index contributed by atoms with van der Waals surface area (Å²) in [5.41, 5.74) is -10.3. The van der Waals surface area contributed by atoms with Crippen molar-refractivity contribution >= 4 is 53.0 Å². The maximum atomic E-state index is 15.5. The quantitative estimate of drug-likeness (QED) is 0.196. The van der Waals surface area contributed by atoms with E-state index in [0.717, 1.165) is 0 Å². The number of hydrogen-bond donors (Lipinski definition) is 2. The molecule has 0 bridgehead atoms. The third-order valence-corrected chi connectivity index (χ3v) is 15.4. The zero-order chi connectivity index (χ0) is 45.3. The Morgan fingerprint density at radius 1 is 0.817 bits per heavy atom. The number of fused-ring (bicyclic) bond motifs is 5. The van der Waals surface area contributed by atoms with Crippen molar-refractivity contribution in [2.45, 2.75) is 163 Å². The van der Waals surface area contributed by atoms with Crippen LogP contribution in [0.2, 0.25) is 5.02 Å². The van der Waals surface area contributed by atoms with Crippen LogP contribution >= 0.6 is 11.6 Å². The molecule has 14 nitrogen and oxygen atoms in total. The van der Waals surface area contributed by atoms with E-state index in [1.54, 1.807) is 53.7 Å². The summed E-state index contributed by atoms with van der Waals surface area (Å²) in [4.78, 5) is 93.9. The molecule has 0 amide bonds. The molecule has 332 valence electrons. The zero-order valence-electron chi connectivity index (χ0n) is 36.8. The Balaban J connectivity index is 1.69. The molecule has 0 heterocycles. The predicted molar refractivity (Wildman–Crippen MR) is 215 cm³/mol. The van der Waals surface area contributed by atoms with Crippen LogP contribution in [0.4, 0.5) is 0 Å². The summed E-state index contributed by atoms with van der Waals surface area (Å²) in [6.45, 7) is 18.3. The van der Waals surface area contributed by atoms with E-state index in [1.807, 2.05) is 6.92 Å². The first-order chi connectivity index (χ1) is 27.4. The van der Waals surface area contributed by atoms with Crippen molar-refractivity contribution in [2.24, 2.45) is 39.4 Å². The lowest BCUT2D eigenvalue weighted by atomic mass is 9.34. The largest absolute Gasteiger partial charge is 0.462 e. The van der Waals surface area contributed by atoms with Crippen molar-refractivity contribution in [1.29, 1.82) is 0 Å². The Morgan fingerprint density at radius 2 is 1.40 bits per heavy atom. The fraction of sp³-hybridized carbons (Fsp3) is 0.711. The number of hydrogen-bond acceptors (Lipinski definition) is 14. The summed E-state index contributed by atoms with van der Waals surface area (Å²) in [6, 6.07) is 6.05. The highest BCUT2D eigenvalue weighted by atomic mass is 35.5. The molecule has 15 heteroatoms. The molecule has 60 heavy (non-hydrogen) atoms. The number of benzene rings is 1. The molecule has 1 aromatic carbocycles. The number of ketones is 2. The second kappa shape index (κ2) is 15.8. The van der Waals surface area contributed by atoms with Gasteiger partial charge in [0, 0.05) is 68.2 Å². The number of Topliss-reactive ketones (excluding diaryl/α,β-unsaturated/α-hetero) is 2. The molecule has 0 aliphatic heterocycles. The van der Waals surface area contributed by atoms with Crippen LogP contribution in [0.3, 0.4) is 0 Å². The van der Waals surface area contributed by atoms with Gasteiger partial charge in [0.25, 0.3) is 0 Å². The van der Waals surface area contributed by atoms with Crippen LogP contribution in [-0.4, -0.2) is 92.8 Å². The third-order valence-electron chi connectivity index (χ3n) is 15.1. The van der Waals surface area contributed by atoms with Crippen molar-refractivity contribution in [3.63, 3.8) is 0 Å². The van der Waals surface area contributed by atoms with Gasteiger partial charge in [0.2, 0.25) is 0 Å². The average molecular weight is 861 g/mol. The molecule has 5 rings (SSSR count). The van der Waals surface area contributed by atoms with Crippen LogP contribution in [0, 0.1) is 39.4 Å². The van der Waals surface area contributed by atoms with Crippen molar-refractivity contribution in [3.05, 3.63) is 34.9 Å². The lowest BCUT2D eigenvalue weighted by Crippen LogP contribution is -2.79. The number of esters is 5. The first kappa shape index (κ1) is 47.2. The second-order valence-electron chi connectivity index (χ2n) is 19.7. The number of halogens is 1. The standard InChI is InChI=1S/C45H61ClO14/c1-23(47)56-29-19-32-43(11)31(20-34(52)45(32,40(7,8)37(29)58-25(3)49)60-38(54)27-14-13-15-28(46)18-27)41(9)21-30(57-24(2)48)36(42(41,10)22-35(43)53)44(12,55)33(51)16-17-39(5,6)59-26(4)50/h13-15,18,29-32,34,36-37,52,55H,16-17,19-22H2,1-12H3/t29-,30+,31-,32-,34+,36?,37+,41-,42+,43+,44-,45+/m0/s1. The summed E-state index contributed by atoms with van der Waals surface area (Å²) in [5, 5.41) is 25.6. The van der Waals surface area contributed by atoms with E-state index in [2.05, 4.69) is 0 Å². The van der Waals surface area contributed by atoms with Gasteiger partial charge < -0.3 is 33.9 Å². The first-order valence-corrected chi connectivity index (χ1v) is 21.0. The molecule has 0 aromatic heterocycles. The number of carbonyl (C=O) groups excluding carboxylic acids is 7. The summed E-state index contributed by atoms with van der Waals surface area (Å²) < 4.78 is 29.7. The van der Waals surface area contributed by atoms with Crippen LogP contribution in [-0.2, 0) is 52.5 Å². The average Bonchev–Trinajstić information content (AvgIpc) is 3.32. The van der Waals surface area contributed by atoms with Crippen LogP contribution in [0.5, 0.6) is 0 Å². The topological polar surface area (TPSA) is 206 Å². The van der Waals surface area contributed by atoms with Crippen molar-refractivity contribution < 1.29 is 67.5 Å². The maximum absolute atomic E-state index is 15.5. The van der Waals surface area contributed by atoms with Gasteiger partial charge >= 0.3 is 29.8 Å². The lowest BCUT2D eigenvalue weighted by Gasteiger charge is -2.71. The highest BCUT2D eigenvalue weighted by Crippen LogP contribution is 2.76. The number of aliphatic hydroxyl groups is 2. The van der Waals surface area contributed by atoms with Gasteiger partial charge in [-0.25, -0.2) is 4.79 Å². The van der Waals surface area contributed by atoms with Gasteiger partial charge in [-0.3, -0.25) is 28.8 Å².